The third kappa shape index (κ3) is 4.82. The second-order valence-corrected chi connectivity index (χ2v) is 6.47. The second kappa shape index (κ2) is 8.30. The molecule has 0 unspecified atom stereocenters. The number of hydrogen-bond donors (Lipinski definition) is 2. The third-order valence-electron chi connectivity index (χ3n) is 4.71. The zero-order valence-electron chi connectivity index (χ0n) is 13.6. The maximum absolute atomic E-state index is 12.2. The van der Waals surface area contributed by atoms with E-state index < -0.39 is 0 Å². The Morgan fingerprint density at radius 3 is 2.41 bits per heavy atom. The van der Waals surface area contributed by atoms with Crippen molar-refractivity contribution in [1.29, 1.82) is 0 Å². The van der Waals surface area contributed by atoms with Crippen LogP contribution in [-0.4, -0.2) is 19.6 Å². The molecular weight excluding hydrogens is 276 g/mol. The van der Waals surface area contributed by atoms with E-state index in [1.54, 1.807) is 7.11 Å². The fraction of sp³-hybridized carbons (Fsp3) is 0.611. The predicted octanol–water partition coefficient (Wildman–Crippen LogP) is 2.75. The van der Waals surface area contributed by atoms with Gasteiger partial charge in [0.2, 0.25) is 5.91 Å². The van der Waals surface area contributed by atoms with Crippen LogP contribution in [0.3, 0.4) is 0 Å². The lowest BCUT2D eigenvalue weighted by atomic mass is 9.71. The molecular formula is C18H28N2O2. The highest BCUT2D eigenvalue weighted by atomic mass is 16.5. The van der Waals surface area contributed by atoms with Gasteiger partial charge in [-0.15, -0.1) is 0 Å². The van der Waals surface area contributed by atoms with Crippen molar-refractivity contribution in [2.24, 2.45) is 11.1 Å². The summed E-state index contributed by atoms with van der Waals surface area (Å²) in [5.41, 5.74) is 8.23. The van der Waals surface area contributed by atoms with Gasteiger partial charge in [-0.3, -0.25) is 4.79 Å². The van der Waals surface area contributed by atoms with Crippen molar-refractivity contribution in [3.63, 3.8) is 0 Å². The standard InChI is InChI=1S/C18H28N2O2/c1-22-13-16-7-5-15(6-8-16)12-20-17(21)11-18(14-19)9-3-2-4-10-18/h5-8H,2-4,9-14,19H2,1H3,(H,20,21). The van der Waals surface area contributed by atoms with Crippen LogP contribution in [-0.2, 0) is 22.7 Å². The summed E-state index contributed by atoms with van der Waals surface area (Å²) in [6.45, 7) is 1.81. The van der Waals surface area contributed by atoms with Crippen LogP contribution in [0.5, 0.6) is 0 Å². The molecule has 2 rings (SSSR count). The van der Waals surface area contributed by atoms with E-state index in [1.807, 2.05) is 24.3 Å². The molecule has 1 aliphatic rings. The fourth-order valence-electron chi connectivity index (χ4n) is 3.28. The van der Waals surface area contributed by atoms with Gasteiger partial charge in [0.15, 0.2) is 0 Å². The van der Waals surface area contributed by atoms with Crippen LogP contribution in [0, 0.1) is 5.41 Å². The Hall–Kier alpha value is -1.39. The minimum Gasteiger partial charge on any atom is -0.380 e. The molecule has 0 aliphatic heterocycles. The molecule has 1 saturated carbocycles. The number of methoxy groups -OCH3 is 1. The lowest BCUT2D eigenvalue weighted by Gasteiger charge is -2.35. The molecule has 4 heteroatoms. The first-order chi connectivity index (χ1) is 10.7. The molecule has 0 heterocycles. The molecule has 0 spiro atoms. The number of benzene rings is 1. The molecule has 122 valence electrons. The summed E-state index contributed by atoms with van der Waals surface area (Å²) in [6.07, 6.45) is 6.41. The molecule has 0 bridgehead atoms. The molecule has 1 fully saturated rings. The minimum absolute atomic E-state index is 0.0324. The number of nitrogens with two attached hydrogens (primary N) is 1. The highest BCUT2D eigenvalue weighted by Crippen LogP contribution is 2.38. The molecule has 1 aromatic carbocycles. The van der Waals surface area contributed by atoms with Crippen LogP contribution in [0.15, 0.2) is 24.3 Å². The van der Waals surface area contributed by atoms with E-state index in [-0.39, 0.29) is 11.3 Å². The van der Waals surface area contributed by atoms with Gasteiger partial charge in [0.25, 0.3) is 0 Å². The van der Waals surface area contributed by atoms with Gasteiger partial charge in [-0.2, -0.15) is 0 Å². The Balaban J connectivity index is 1.81. The molecule has 0 atom stereocenters. The maximum atomic E-state index is 12.2. The molecule has 0 radical (unpaired) electrons. The Morgan fingerprint density at radius 2 is 1.82 bits per heavy atom. The van der Waals surface area contributed by atoms with Crippen molar-refractivity contribution < 1.29 is 9.53 Å². The number of nitrogens with one attached hydrogen (secondary N) is 1. The quantitative estimate of drug-likeness (QED) is 0.814. The van der Waals surface area contributed by atoms with Gasteiger partial charge >= 0.3 is 0 Å². The summed E-state index contributed by atoms with van der Waals surface area (Å²) in [4.78, 5) is 12.2. The van der Waals surface area contributed by atoms with Crippen LogP contribution in [0.2, 0.25) is 0 Å². The lowest BCUT2D eigenvalue weighted by Crippen LogP contribution is -2.38. The maximum Gasteiger partial charge on any atom is 0.220 e. The molecule has 1 amide bonds. The van der Waals surface area contributed by atoms with Crippen LogP contribution >= 0.6 is 0 Å². The number of hydrogen-bond acceptors (Lipinski definition) is 3. The minimum atomic E-state index is 0.0324. The molecule has 4 nitrogen and oxygen atoms in total. The highest BCUT2D eigenvalue weighted by molar-refractivity contribution is 5.76. The van der Waals surface area contributed by atoms with Gasteiger partial charge in [0.05, 0.1) is 6.61 Å². The summed E-state index contributed by atoms with van der Waals surface area (Å²) in [5.74, 6) is 0.119. The lowest BCUT2D eigenvalue weighted by molar-refractivity contribution is -0.124. The topological polar surface area (TPSA) is 64.3 Å². The van der Waals surface area contributed by atoms with Gasteiger partial charge in [0, 0.05) is 20.1 Å². The normalized spacial score (nSPS) is 17.2. The Kier molecular flexibility index (Phi) is 6.40. The molecule has 0 saturated heterocycles. The van der Waals surface area contributed by atoms with E-state index in [9.17, 15) is 4.79 Å². The van der Waals surface area contributed by atoms with Crippen molar-refractivity contribution >= 4 is 5.91 Å². The smallest absolute Gasteiger partial charge is 0.220 e. The van der Waals surface area contributed by atoms with Gasteiger partial charge < -0.3 is 15.8 Å². The molecule has 1 aliphatic carbocycles. The summed E-state index contributed by atoms with van der Waals surface area (Å²) < 4.78 is 5.09. The molecule has 3 N–H and O–H groups in total. The average molecular weight is 304 g/mol. The van der Waals surface area contributed by atoms with Crippen molar-refractivity contribution in [2.45, 2.75) is 51.7 Å². The SMILES string of the molecule is COCc1ccc(CNC(=O)CC2(CN)CCCCC2)cc1. The highest BCUT2D eigenvalue weighted by Gasteiger charge is 2.32. The number of amides is 1. The average Bonchev–Trinajstić information content (AvgIpc) is 2.55. The first-order valence-corrected chi connectivity index (χ1v) is 8.21. The Labute approximate surface area is 133 Å². The van der Waals surface area contributed by atoms with Crippen molar-refractivity contribution in [3.8, 4) is 0 Å². The van der Waals surface area contributed by atoms with Crippen LogP contribution < -0.4 is 11.1 Å². The van der Waals surface area contributed by atoms with E-state index in [4.69, 9.17) is 10.5 Å². The molecule has 22 heavy (non-hydrogen) atoms. The van der Waals surface area contributed by atoms with E-state index in [0.717, 1.165) is 24.0 Å². The van der Waals surface area contributed by atoms with Crippen molar-refractivity contribution in [3.05, 3.63) is 35.4 Å². The zero-order chi connectivity index (χ0) is 15.8. The summed E-state index contributed by atoms with van der Waals surface area (Å²) in [7, 11) is 1.69. The Bertz CT molecular complexity index is 464. The number of carbonyl (C=O) groups is 1. The Morgan fingerprint density at radius 1 is 1.18 bits per heavy atom. The third-order valence-corrected chi connectivity index (χ3v) is 4.71. The van der Waals surface area contributed by atoms with E-state index in [1.165, 1.54) is 19.3 Å². The van der Waals surface area contributed by atoms with Crippen molar-refractivity contribution in [2.75, 3.05) is 13.7 Å². The van der Waals surface area contributed by atoms with Gasteiger partial charge in [0.1, 0.15) is 0 Å². The van der Waals surface area contributed by atoms with Gasteiger partial charge in [-0.25, -0.2) is 0 Å². The molecule has 0 aromatic heterocycles. The van der Waals surface area contributed by atoms with Gasteiger partial charge in [-0.1, -0.05) is 43.5 Å². The summed E-state index contributed by atoms with van der Waals surface area (Å²) >= 11 is 0. The molecule has 1 aromatic rings. The van der Waals surface area contributed by atoms with E-state index in [0.29, 0.717) is 26.1 Å². The van der Waals surface area contributed by atoms with Crippen LogP contribution in [0.1, 0.15) is 49.7 Å². The van der Waals surface area contributed by atoms with Gasteiger partial charge in [-0.05, 0) is 35.9 Å². The number of rotatable bonds is 7. The largest absolute Gasteiger partial charge is 0.380 e. The summed E-state index contributed by atoms with van der Waals surface area (Å²) in [6, 6.07) is 8.14. The van der Waals surface area contributed by atoms with E-state index in [2.05, 4.69) is 5.32 Å². The number of ether oxygens (including phenoxy) is 1. The number of carbonyl (C=O) groups excluding carboxylic acids is 1. The van der Waals surface area contributed by atoms with E-state index >= 15 is 0 Å². The first kappa shape index (κ1) is 17.0. The fourth-order valence-corrected chi connectivity index (χ4v) is 3.28. The zero-order valence-corrected chi connectivity index (χ0v) is 13.6. The first-order valence-electron chi connectivity index (χ1n) is 8.21. The van der Waals surface area contributed by atoms with Crippen molar-refractivity contribution in [1.82, 2.24) is 5.32 Å². The predicted molar refractivity (Wildman–Crippen MR) is 88.2 cm³/mol. The summed E-state index contributed by atoms with van der Waals surface area (Å²) in [5, 5.41) is 3.03. The monoisotopic (exact) mass is 304 g/mol. The second-order valence-electron chi connectivity index (χ2n) is 6.47. The van der Waals surface area contributed by atoms with Crippen LogP contribution in [0.25, 0.3) is 0 Å². The van der Waals surface area contributed by atoms with Crippen LogP contribution in [0.4, 0.5) is 0 Å².